The SMILES string of the molecule is CCCCCCCCCC(=O)NCC(=O)N/N=C/c1ccc(OC(=O)c2ccc(OC)cc2)c(OCC)c1. The summed E-state index contributed by atoms with van der Waals surface area (Å²) in [6.07, 6.45) is 9.78. The number of esters is 1. The van der Waals surface area contributed by atoms with Gasteiger partial charge < -0.3 is 19.5 Å². The van der Waals surface area contributed by atoms with E-state index in [1.54, 1.807) is 49.6 Å². The fourth-order valence-electron chi connectivity index (χ4n) is 3.57. The van der Waals surface area contributed by atoms with E-state index in [1.807, 2.05) is 6.92 Å². The number of carbonyl (C=O) groups is 3. The Morgan fingerprint density at radius 2 is 1.58 bits per heavy atom. The maximum Gasteiger partial charge on any atom is 0.343 e. The fourth-order valence-corrected chi connectivity index (χ4v) is 3.57. The topological polar surface area (TPSA) is 115 Å². The van der Waals surface area contributed by atoms with Gasteiger partial charge in [-0.2, -0.15) is 5.10 Å². The van der Waals surface area contributed by atoms with Crippen LogP contribution < -0.4 is 25.0 Å². The quantitative estimate of drug-likeness (QED) is 0.0985. The van der Waals surface area contributed by atoms with Gasteiger partial charge in [0.25, 0.3) is 5.91 Å². The molecule has 2 rings (SSSR count). The van der Waals surface area contributed by atoms with Crippen molar-refractivity contribution >= 4 is 24.0 Å². The number of carbonyl (C=O) groups excluding carboxylic acids is 3. The number of unbranched alkanes of at least 4 members (excludes halogenated alkanes) is 6. The lowest BCUT2D eigenvalue weighted by Gasteiger charge is -2.11. The van der Waals surface area contributed by atoms with Gasteiger partial charge in [0.05, 0.1) is 32.0 Å². The molecule has 0 unspecified atom stereocenters. The molecule has 0 radical (unpaired) electrons. The van der Waals surface area contributed by atoms with Crippen LogP contribution in [0, 0.1) is 0 Å². The summed E-state index contributed by atoms with van der Waals surface area (Å²) in [5.41, 5.74) is 3.39. The Morgan fingerprint density at radius 3 is 2.26 bits per heavy atom. The lowest BCUT2D eigenvalue weighted by Crippen LogP contribution is -2.34. The Kier molecular flexibility index (Phi) is 14.0. The van der Waals surface area contributed by atoms with Crippen LogP contribution in [0.1, 0.15) is 81.1 Å². The van der Waals surface area contributed by atoms with Gasteiger partial charge >= 0.3 is 5.97 Å². The van der Waals surface area contributed by atoms with E-state index >= 15 is 0 Å². The third-order valence-corrected chi connectivity index (χ3v) is 5.65. The number of benzene rings is 2. The average molecular weight is 526 g/mol. The van der Waals surface area contributed by atoms with Gasteiger partial charge in [0, 0.05) is 6.42 Å². The van der Waals surface area contributed by atoms with E-state index in [4.69, 9.17) is 14.2 Å². The number of nitrogens with zero attached hydrogens (tertiary/aromatic N) is 1. The number of ether oxygens (including phenoxy) is 3. The predicted molar refractivity (Wildman–Crippen MR) is 147 cm³/mol. The molecule has 0 spiro atoms. The highest BCUT2D eigenvalue weighted by Gasteiger charge is 2.13. The molecular formula is C29H39N3O6. The molecule has 0 heterocycles. The molecule has 0 aromatic heterocycles. The smallest absolute Gasteiger partial charge is 0.343 e. The summed E-state index contributed by atoms with van der Waals surface area (Å²) in [5, 5.41) is 6.55. The molecular weight excluding hydrogens is 486 g/mol. The van der Waals surface area contributed by atoms with Gasteiger partial charge in [-0.05, 0) is 61.4 Å². The van der Waals surface area contributed by atoms with Crippen molar-refractivity contribution in [2.45, 2.75) is 65.2 Å². The summed E-state index contributed by atoms with van der Waals surface area (Å²) < 4.78 is 16.2. The van der Waals surface area contributed by atoms with Crippen molar-refractivity contribution in [3.63, 3.8) is 0 Å². The number of hydrazone groups is 1. The highest BCUT2D eigenvalue weighted by Crippen LogP contribution is 2.29. The molecule has 0 aliphatic carbocycles. The lowest BCUT2D eigenvalue weighted by atomic mass is 10.1. The molecule has 2 aromatic carbocycles. The molecule has 0 atom stereocenters. The first-order valence-corrected chi connectivity index (χ1v) is 13.2. The number of nitrogens with one attached hydrogen (secondary N) is 2. The van der Waals surface area contributed by atoms with E-state index < -0.39 is 11.9 Å². The molecule has 9 nitrogen and oxygen atoms in total. The molecule has 0 aliphatic heterocycles. The normalized spacial score (nSPS) is 10.7. The summed E-state index contributed by atoms with van der Waals surface area (Å²) in [5.74, 6) is 0.164. The van der Waals surface area contributed by atoms with E-state index in [2.05, 4.69) is 22.8 Å². The lowest BCUT2D eigenvalue weighted by molar-refractivity contribution is -0.126. The zero-order chi connectivity index (χ0) is 27.6. The third-order valence-electron chi connectivity index (χ3n) is 5.65. The van der Waals surface area contributed by atoms with Crippen LogP contribution in [0.25, 0.3) is 0 Å². The van der Waals surface area contributed by atoms with E-state index in [-0.39, 0.29) is 18.2 Å². The molecule has 0 saturated heterocycles. The van der Waals surface area contributed by atoms with Crippen molar-refractivity contribution in [3.8, 4) is 17.2 Å². The first-order chi connectivity index (χ1) is 18.5. The highest BCUT2D eigenvalue weighted by atomic mass is 16.6. The molecule has 0 fully saturated rings. The Balaban J connectivity index is 1.79. The van der Waals surface area contributed by atoms with Crippen LogP contribution in [0.2, 0.25) is 0 Å². The van der Waals surface area contributed by atoms with Crippen molar-refractivity contribution in [1.29, 1.82) is 0 Å². The van der Waals surface area contributed by atoms with Crippen LogP contribution in [-0.2, 0) is 9.59 Å². The van der Waals surface area contributed by atoms with Crippen LogP contribution in [0.15, 0.2) is 47.6 Å². The number of amides is 2. The molecule has 9 heteroatoms. The monoisotopic (exact) mass is 525 g/mol. The number of rotatable bonds is 17. The number of methoxy groups -OCH3 is 1. The second kappa shape index (κ2) is 17.6. The van der Waals surface area contributed by atoms with E-state index in [0.29, 0.717) is 35.7 Å². The van der Waals surface area contributed by atoms with Gasteiger partial charge in [-0.3, -0.25) is 9.59 Å². The van der Waals surface area contributed by atoms with Crippen LogP contribution in [0.5, 0.6) is 17.2 Å². The van der Waals surface area contributed by atoms with Crippen molar-refractivity contribution < 1.29 is 28.6 Å². The van der Waals surface area contributed by atoms with Crippen molar-refractivity contribution in [1.82, 2.24) is 10.7 Å². The summed E-state index contributed by atoms with van der Waals surface area (Å²) in [6.45, 7) is 4.23. The largest absolute Gasteiger partial charge is 0.497 e. The Morgan fingerprint density at radius 1 is 0.868 bits per heavy atom. The van der Waals surface area contributed by atoms with Gasteiger partial charge in [-0.15, -0.1) is 0 Å². The minimum absolute atomic E-state index is 0.140. The molecule has 2 aromatic rings. The molecule has 2 N–H and O–H groups in total. The van der Waals surface area contributed by atoms with Crippen LogP contribution in [0.4, 0.5) is 0 Å². The van der Waals surface area contributed by atoms with Crippen molar-refractivity contribution in [3.05, 3.63) is 53.6 Å². The summed E-state index contributed by atoms with van der Waals surface area (Å²) >= 11 is 0. The summed E-state index contributed by atoms with van der Waals surface area (Å²) in [4.78, 5) is 36.4. The van der Waals surface area contributed by atoms with Crippen LogP contribution in [-0.4, -0.2) is 44.3 Å². The second-order valence-corrected chi connectivity index (χ2v) is 8.70. The maximum atomic E-state index is 12.5. The van der Waals surface area contributed by atoms with Gasteiger partial charge in [0.15, 0.2) is 11.5 Å². The highest BCUT2D eigenvalue weighted by molar-refractivity contribution is 5.92. The second-order valence-electron chi connectivity index (χ2n) is 8.70. The van der Waals surface area contributed by atoms with Crippen molar-refractivity contribution in [2.75, 3.05) is 20.3 Å². The fraction of sp³-hybridized carbons (Fsp3) is 0.448. The molecule has 38 heavy (non-hydrogen) atoms. The third kappa shape index (κ3) is 11.5. The summed E-state index contributed by atoms with van der Waals surface area (Å²) in [7, 11) is 1.55. The van der Waals surface area contributed by atoms with E-state index in [1.165, 1.54) is 31.9 Å². The Hall–Kier alpha value is -3.88. The number of hydrogen-bond donors (Lipinski definition) is 2. The zero-order valence-electron chi connectivity index (χ0n) is 22.6. The minimum atomic E-state index is -0.531. The Labute approximate surface area is 224 Å². The standard InChI is InChI=1S/C29H39N3O6/c1-4-6-7-8-9-10-11-12-27(33)30-21-28(34)32-31-20-22-13-18-25(26(19-22)37-5-2)38-29(35)23-14-16-24(36-3)17-15-23/h13-20H,4-12,21H2,1-3H3,(H,30,33)(H,32,34)/b31-20+. The molecule has 2 amide bonds. The predicted octanol–water partition coefficient (Wildman–Crippen LogP) is 5.02. The van der Waals surface area contributed by atoms with E-state index in [9.17, 15) is 14.4 Å². The zero-order valence-corrected chi connectivity index (χ0v) is 22.6. The van der Waals surface area contributed by atoms with Gasteiger partial charge in [0.1, 0.15) is 5.75 Å². The minimum Gasteiger partial charge on any atom is -0.497 e. The van der Waals surface area contributed by atoms with E-state index in [0.717, 1.165) is 19.3 Å². The van der Waals surface area contributed by atoms with Crippen molar-refractivity contribution in [2.24, 2.45) is 5.10 Å². The van der Waals surface area contributed by atoms with Gasteiger partial charge in [-0.1, -0.05) is 45.4 Å². The number of hydrogen-bond acceptors (Lipinski definition) is 7. The molecule has 0 aliphatic rings. The molecule has 0 bridgehead atoms. The summed E-state index contributed by atoms with van der Waals surface area (Å²) in [6, 6.07) is 11.5. The Bertz CT molecular complexity index is 1050. The van der Waals surface area contributed by atoms with Crippen LogP contribution in [0.3, 0.4) is 0 Å². The first-order valence-electron chi connectivity index (χ1n) is 13.2. The molecule has 206 valence electrons. The van der Waals surface area contributed by atoms with Gasteiger partial charge in [-0.25, -0.2) is 10.2 Å². The maximum absolute atomic E-state index is 12.5. The molecule has 0 saturated carbocycles. The first kappa shape index (κ1) is 30.3. The van der Waals surface area contributed by atoms with Crippen LogP contribution >= 0.6 is 0 Å². The van der Waals surface area contributed by atoms with Gasteiger partial charge in [0.2, 0.25) is 5.91 Å². The average Bonchev–Trinajstić information content (AvgIpc) is 2.93.